The summed E-state index contributed by atoms with van der Waals surface area (Å²) in [5, 5.41) is 0. The lowest BCUT2D eigenvalue weighted by molar-refractivity contribution is 1.03. The third kappa shape index (κ3) is 0.980. The van der Waals surface area contributed by atoms with E-state index in [-0.39, 0.29) is 0 Å². The number of aromatic nitrogens is 3. The smallest absolute Gasteiger partial charge is 0.199 e. The monoisotopic (exact) mass is 148 g/mol. The van der Waals surface area contributed by atoms with Crippen molar-refractivity contribution in [3.63, 3.8) is 0 Å². The van der Waals surface area contributed by atoms with Gasteiger partial charge in [-0.15, -0.1) is 0 Å². The molecule has 4 nitrogen and oxygen atoms in total. The molecule has 0 radical (unpaired) electrons. The van der Waals surface area contributed by atoms with Gasteiger partial charge in [-0.2, -0.15) is 0 Å². The largest absolute Gasteiger partial charge is 0.369 e. The molecule has 3 N–H and O–H groups in total. The molecule has 0 aromatic carbocycles. The third-order valence-electron chi connectivity index (χ3n) is 1.46. The quantitative estimate of drug-likeness (QED) is 0.627. The van der Waals surface area contributed by atoms with E-state index < -0.39 is 0 Å². The molecule has 0 fully saturated rings. The van der Waals surface area contributed by atoms with Crippen LogP contribution in [0.15, 0.2) is 30.7 Å². The van der Waals surface area contributed by atoms with E-state index in [1.54, 1.807) is 6.20 Å². The number of rotatable bonds is 1. The summed E-state index contributed by atoms with van der Waals surface area (Å²) >= 11 is 0. The molecule has 0 amide bonds. The van der Waals surface area contributed by atoms with E-state index in [4.69, 9.17) is 5.73 Å². The van der Waals surface area contributed by atoms with Crippen molar-refractivity contribution in [2.24, 2.45) is 0 Å². The van der Waals surface area contributed by atoms with Gasteiger partial charge in [0, 0.05) is 12.4 Å². The van der Waals surface area contributed by atoms with Crippen molar-refractivity contribution in [2.75, 3.05) is 5.73 Å². The number of hydrogen-bond acceptors (Lipinski definition) is 2. The fraction of sp³-hybridized carbons (Fsp3) is 0. The minimum atomic E-state index is 0.439. The number of anilines is 1. The van der Waals surface area contributed by atoms with Gasteiger partial charge in [-0.05, 0) is 12.1 Å². The van der Waals surface area contributed by atoms with Crippen molar-refractivity contribution in [2.45, 2.75) is 0 Å². The molecule has 0 aliphatic rings. The zero-order chi connectivity index (χ0) is 7.68. The highest BCUT2D eigenvalue weighted by Crippen LogP contribution is 2.04. The highest BCUT2D eigenvalue weighted by atomic mass is 15.1. The maximum Gasteiger partial charge on any atom is 0.199 e. The van der Waals surface area contributed by atoms with Crippen LogP contribution < -0.4 is 5.73 Å². The Labute approximate surface area is 63.7 Å². The number of nitrogens with two attached hydrogens (primary N) is 1. The Bertz CT molecular complexity index is 333. The maximum absolute atomic E-state index is 5.40. The van der Waals surface area contributed by atoms with Crippen LogP contribution in [0.1, 0.15) is 0 Å². The highest BCUT2D eigenvalue weighted by molar-refractivity contribution is 5.29. The second kappa shape index (κ2) is 2.16. The number of hydrogen-bond donors (Lipinski definition) is 2. The Morgan fingerprint density at radius 1 is 1.36 bits per heavy atom. The molecule has 0 aliphatic carbocycles. The van der Waals surface area contributed by atoms with Crippen molar-refractivity contribution in [1.29, 1.82) is 0 Å². The summed E-state index contributed by atoms with van der Waals surface area (Å²) in [6, 6.07) is 3.88. The number of H-pyrrole nitrogens is 1. The predicted octanol–water partition coefficient (Wildman–Crippen LogP) is 0.783. The molecule has 0 aliphatic heterocycles. The van der Waals surface area contributed by atoms with E-state index in [1.165, 1.54) is 0 Å². The number of nitrogens with one attached hydrogen (secondary N) is 1. The molecule has 0 saturated heterocycles. The summed E-state index contributed by atoms with van der Waals surface area (Å²) in [6.07, 6.45) is 5.54. The Balaban J connectivity index is 2.45. The number of nitrogens with zero attached hydrogens (tertiary/aromatic N) is 2. The van der Waals surface area contributed by atoms with Crippen molar-refractivity contribution >= 4 is 5.95 Å². The van der Waals surface area contributed by atoms with Gasteiger partial charge in [-0.25, -0.2) is 4.98 Å². The second-order valence-electron chi connectivity index (χ2n) is 2.24. The van der Waals surface area contributed by atoms with Gasteiger partial charge in [-0.1, -0.05) is 0 Å². The summed E-state index contributed by atoms with van der Waals surface area (Å²) in [7, 11) is 0. The standard InChI is InChI=1S/C7H8N4/c8-7-9-5-6(10-7)11-3-1-2-4-11/h1-5H,(H3,8,9,10). The van der Waals surface area contributed by atoms with Crippen LogP contribution in [0.25, 0.3) is 5.82 Å². The van der Waals surface area contributed by atoms with Gasteiger partial charge in [0.15, 0.2) is 5.95 Å². The van der Waals surface area contributed by atoms with Gasteiger partial charge in [0.05, 0.1) is 6.20 Å². The minimum absolute atomic E-state index is 0.439. The van der Waals surface area contributed by atoms with E-state index in [0.29, 0.717) is 5.95 Å². The van der Waals surface area contributed by atoms with Crippen LogP contribution in [-0.4, -0.2) is 14.5 Å². The van der Waals surface area contributed by atoms with E-state index >= 15 is 0 Å². The molecule has 0 saturated carbocycles. The Hall–Kier alpha value is -1.71. The van der Waals surface area contributed by atoms with Gasteiger partial charge >= 0.3 is 0 Å². The lowest BCUT2D eigenvalue weighted by Gasteiger charge is -1.94. The zero-order valence-corrected chi connectivity index (χ0v) is 5.86. The van der Waals surface area contributed by atoms with Crippen molar-refractivity contribution in [3.8, 4) is 5.82 Å². The van der Waals surface area contributed by atoms with Gasteiger partial charge in [0.25, 0.3) is 0 Å². The normalized spacial score (nSPS) is 10.2. The summed E-state index contributed by atoms with van der Waals surface area (Å²) < 4.78 is 1.91. The van der Waals surface area contributed by atoms with Crippen LogP contribution in [0.4, 0.5) is 5.95 Å². The average molecular weight is 148 g/mol. The van der Waals surface area contributed by atoms with Crippen LogP contribution >= 0.6 is 0 Å². The second-order valence-corrected chi connectivity index (χ2v) is 2.24. The predicted molar refractivity (Wildman–Crippen MR) is 42.3 cm³/mol. The number of nitrogen functional groups attached to an aromatic ring is 1. The first-order valence-electron chi connectivity index (χ1n) is 3.30. The molecule has 2 rings (SSSR count). The van der Waals surface area contributed by atoms with Crippen molar-refractivity contribution in [1.82, 2.24) is 14.5 Å². The first-order chi connectivity index (χ1) is 5.36. The number of imidazole rings is 1. The van der Waals surface area contributed by atoms with E-state index in [1.807, 2.05) is 29.1 Å². The topological polar surface area (TPSA) is 59.6 Å². The summed E-state index contributed by atoms with van der Waals surface area (Å²) in [6.45, 7) is 0. The minimum Gasteiger partial charge on any atom is -0.369 e. The van der Waals surface area contributed by atoms with Crippen LogP contribution in [0.2, 0.25) is 0 Å². The highest BCUT2D eigenvalue weighted by Gasteiger charge is 1.96. The molecule has 0 unspecified atom stereocenters. The molecular formula is C7H8N4. The molecule has 0 atom stereocenters. The Morgan fingerprint density at radius 2 is 2.09 bits per heavy atom. The SMILES string of the molecule is Nc1ncc(-n2cccc2)[nH]1. The van der Waals surface area contributed by atoms with Gasteiger partial charge < -0.3 is 15.3 Å². The molecule has 0 bridgehead atoms. The summed E-state index contributed by atoms with van der Waals surface area (Å²) in [5.74, 6) is 1.32. The first-order valence-corrected chi connectivity index (χ1v) is 3.30. The molecule has 0 spiro atoms. The lowest BCUT2D eigenvalue weighted by atomic mass is 10.7. The van der Waals surface area contributed by atoms with Crippen LogP contribution in [0, 0.1) is 0 Å². The molecule has 4 heteroatoms. The van der Waals surface area contributed by atoms with Crippen LogP contribution in [0.5, 0.6) is 0 Å². The summed E-state index contributed by atoms with van der Waals surface area (Å²) in [5.41, 5.74) is 5.40. The number of aromatic amines is 1. The fourth-order valence-electron chi connectivity index (χ4n) is 0.953. The fourth-order valence-corrected chi connectivity index (χ4v) is 0.953. The molecule has 2 aromatic heterocycles. The van der Waals surface area contributed by atoms with Gasteiger partial charge in [0.2, 0.25) is 0 Å². The maximum atomic E-state index is 5.40. The van der Waals surface area contributed by atoms with E-state index in [2.05, 4.69) is 9.97 Å². The summed E-state index contributed by atoms with van der Waals surface area (Å²) in [4.78, 5) is 6.78. The van der Waals surface area contributed by atoms with Gasteiger partial charge in [0.1, 0.15) is 5.82 Å². The molecule has 56 valence electrons. The molecule has 11 heavy (non-hydrogen) atoms. The Kier molecular flexibility index (Phi) is 1.18. The molecule has 2 aromatic rings. The van der Waals surface area contributed by atoms with E-state index in [0.717, 1.165) is 5.82 Å². The third-order valence-corrected chi connectivity index (χ3v) is 1.46. The average Bonchev–Trinajstić information content (AvgIpc) is 2.55. The molecular weight excluding hydrogens is 140 g/mol. The zero-order valence-electron chi connectivity index (χ0n) is 5.86. The lowest BCUT2D eigenvalue weighted by Crippen LogP contribution is -1.90. The Morgan fingerprint density at radius 3 is 2.64 bits per heavy atom. The van der Waals surface area contributed by atoms with Crippen molar-refractivity contribution in [3.05, 3.63) is 30.7 Å². The molecule has 2 heterocycles. The van der Waals surface area contributed by atoms with Gasteiger partial charge in [-0.3, -0.25) is 0 Å². The van der Waals surface area contributed by atoms with E-state index in [9.17, 15) is 0 Å². The first kappa shape index (κ1) is 6.03. The van der Waals surface area contributed by atoms with Crippen LogP contribution in [0.3, 0.4) is 0 Å². The van der Waals surface area contributed by atoms with Crippen molar-refractivity contribution < 1.29 is 0 Å². The van der Waals surface area contributed by atoms with Crippen LogP contribution in [-0.2, 0) is 0 Å².